The minimum Gasteiger partial charge on any atom is -0.489 e. The molecule has 3 rings (SSSR count). The fraction of sp³-hybridized carbons (Fsp3) is 0.500. The maximum absolute atomic E-state index is 5.91. The van der Waals surface area contributed by atoms with Gasteiger partial charge in [-0.15, -0.1) is 0 Å². The fourth-order valence-electron chi connectivity index (χ4n) is 3.32. The Balaban J connectivity index is 1.46. The molecule has 0 saturated carbocycles. The lowest BCUT2D eigenvalue weighted by atomic mass is 10.1. The first-order valence-electron chi connectivity index (χ1n) is 9.66. The van der Waals surface area contributed by atoms with E-state index in [2.05, 4.69) is 31.8 Å². The highest BCUT2D eigenvalue weighted by molar-refractivity contribution is 6.30. The van der Waals surface area contributed by atoms with Gasteiger partial charge in [-0.2, -0.15) is 5.10 Å². The zero-order chi connectivity index (χ0) is 19.9. The van der Waals surface area contributed by atoms with Gasteiger partial charge in [0.1, 0.15) is 11.9 Å². The number of ether oxygens (including phenoxy) is 1. The van der Waals surface area contributed by atoms with Crippen molar-refractivity contribution in [1.29, 1.82) is 0 Å². The molecule has 2 heterocycles. The molecule has 2 N–H and O–H groups in total. The van der Waals surface area contributed by atoms with E-state index in [9.17, 15) is 0 Å². The molecular formula is C20H29ClN6O. The van der Waals surface area contributed by atoms with E-state index in [0.29, 0.717) is 17.6 Å². The Kier molecular flexibility index (Phi) is 7.03. The Bertz CT molecular complexity index is 775. The number of aliphatic imine (C=N–C) groups is 1. The van der Waals surface area contributed by atoms with Crippen LogP contribution in [0.1, 0.15) is 19.8 Å². The SMILES string of the molecule is CN=C(NCC(C)Oc1ccc(Cl)cc1)NC1CCCN(c2cnn(C)c2)C1. The molecule has 152 valence electrons. The molecule has 0 bridgehead atoms. The van der Waals surface area contributed by atoms with E-state index >= 15 is 0 Å². The summed E-state index contributed by atoms with van der Waals surface area (Å²) in [6, 6.07) is 7.75. The number of nitrogens with zero attached hydrogens (tertiary/aromatic N) is 4. The first-order chi connectivity index (χ1) is 13.5. The summed E-state index contributed by atoms with van der Waals surface area (Å²) in [5.74, 6) is 1.60. The van der Waals surface area contributed by atoms with Crippen LogP contribution in [0, 0.1) is 0 Å². The second-order valence-electron chi connectivity index (χ2n) is 7.14. The van der Waals surface area contributed by atoms with Crippen LogP contribution in [0.25, 0.3) is 0 Å². The van der Waals surface area contributed by atoms with Crippen LogP contribution in [0.2, 0.25) is 5.02 Å². The van der Waals surface area contributed by atoms with Gasteiger partial charge in [-0.05, 0) is 44.0 Å². The van der Waals surface area contributed by atoms with Crippen molar-refractivity contribution in [2.75, 3.05) is 31.6 Å². The van der Waals surface area contributed by atoms with Gasteiger partial charge < -0.3 is 20.3 Å². The quantitative estimate of drug-likeness (QED) is 0.572. The Hall–Kier alpha value is -2.41. The van der Waals surface area contributed by atoms with Gasteiger partial charge in [0, 0.05) is 44.4 Å². The van der Waals surface area contributed by atoms with Crippen molar-refractivity contribution in [1.82, 2.24) is 20.4 Å². The van der Waals surface area contributed by atoms with Gasteiger partial charge >= 0.3 is 0 Å². The third-order valence-electron chi connectivity index (χ3n) is 4.75. The van der Waals surface area contributed by atoms with E-state index < -0.39 is 0 Å². The molecule has 0 aliphatic carbocycles. The van der Waals surface area contributed by atoms with Crippen LogP contribution in [0.15, 0.2) is 41.7 Å². The van der Waals surface area contributed by atoms with Gasteiger partial charge in [0.15, 0.2) is 5.96 Å². The number of hydrogen-bond donors (Lipinski definition) is 2. The number of guanidine groups is 1. The number of anilines is 1. The van der Waals surface area contributed by atoms with Crippen molar-refractivity contribution in [3.63, 3.8) is 0 Å². The zero-order valence-electron chi connectivity index (χ0n) is 16.7. The van der Waals surface area contributed by atoms with Crippen LogP contribution in [0.4, 0.5) is 5.69 Å². The Labute approximate surface area is 171 Å². The molecule has 0 spiro atoms. The van der Waals surface area contributed by atoms with Crippen molar-refractivity contribution in [2.45, 2.75) is 31.9 Å². The second kappa shape index (κ2) is 9.68. The molecule has 8 heteroatoms. The molecule has 0 radical (unpaired) electrons. The summed E-state index contributed by atoms with van der Waals surface area (Å²) in [6.07, 6.45) is 6.24. The molecule has 7 nitrogen and oxygen atoms in total. The average molecular weight is 405 g/mol. The topological polar surface area (TPSA) is 66.7 Å². The van der Waals surface area contributed by atoms with Crippen molar-refractivity contribution < 1.29 is 4.74 Å². The van der Waals surface area contributed by atoms with Crippen molar-refractivity contribution >= 4 is 23.2 Å². The number of aryl methyl sites for hydroxylation is 1. The lowest BCUT2D eigenvalue weighted by Gasteiger charge is -2.34. The van der Waals surface area contributed by atoms with Crippen LogP contribution < -0.4 is 20.3 Å². The molecule has 0 amide bonds. The van der Waals surface area contributed by atoms with Crippen LogP contribution in [-0.2, 0) is 7.05 Å². The van der Waals surface area contributed by atoms with Gasteiger partial charge in [0.25, 0.3) is 0 Å². The highest BCUT2D eigenvalue weighted by Crippen LogP contribution is 2.19. The molecule has 1 aromatic carbocycles. The predicted molar refractivity (Wildman–Crippen MR) is 114 cm³/mol. The minimum atomic E-state index is -0.00188. The third-order valence-corrected chi connectivity index (χ3v) is 5.00. The van der Waals surface area contributed by atoms with Crippen molar-refractivity contribution in [2.24, 2.45) is 12.0 Å². The highest BCUT2D eigenvalue weighted by atomic mass is 35.5. The number of hydrogen-bond acceptors (Lipinski definition) is 4. The van der Waals surface area contributed by atoms with Gasteiger partial charge in [-0.3, -0.25) is 9.67 Å². The smallest absolute Gasteiger partial charge is 0.191 e. The number of rotatable bonds is 6. The van der Waals surface area contributed by atoms with E-state index in [-0.39, 0.29) is 6.10 Å². The molecule has 1 aromatic heterocycles. The summed E-state index contributed by atoms with van der Waals surface area (Å²) in [4.78, 5) is 6.73. The van der Waals surface area contributed by atoms with Gasteiger partial charge in [0.05, 0.1) is 18.4 Å². The number of halogens is 1. The molecule has 1 aliphatic heterocycles. The Morgan fingerprint density at radius 2 is 2.18 bits per heavy atom. The van der Waals surface area contributed by atoms with E-state index in [1.807, 2.05) is 49.1 Å². The van der Waals surface area contributed by atoms with Gasteiger partial charge in [0.2, 0.25) is 0 Å². The van der Waals surface area contributed by atoms with Crippen LogP contribution >= 0.6 is 11.6 Å². The maximum Gasteiger partial charge on any atom is 0.191 e. The summed E-state index contributed by atoms with van der Waals surface area (Å²) in [7, 11) is 3.74. The largest absolute Gasteiger partial charge is 0.489 e. The van der Waals surface area contributed by atoms with Gasteiger partial charge in [-0.25, -0.2) is 0 Å². The normalized spacial score (nSPS) is 18.6. The summed E-state index contributed by atoms with van der Waals surface area (Å²) in [5, 5.41) is 11.9. The van der Waals surface area contributed by atoms with Crippen LogP contribution in [0.3, 0.4) is 0 Å². The van der Waals surface area contributed by atoms with Crippen molar-refractivity contribution in [3.05, 3.63) is 41.7 Å². The first kappa shape index (κ1) is 20.3. The molecule has 2 aromatic rings. The molecule has 1 aliphatic rings. The van der Waals surface area contributed by atoms with E-state index in [4.69, 9.17) is 16.3 Å². The minimum absolute atomic E-state index is 0.00188. The number of benzene rings is 1. The summed E-state index contributed by atoms with van der Waals surface area (Å²) in [6.45, 7) is 4.67. The van der Waals surface area contributed by atoms with E-state index in [0.717, 1.165) is 37.6 Å². The monoisotopic (exact) mass is 404 g/mol. The molecule has 2 atom stereocenters. The average Bonchev–Trinajstić information content (AvgIpc) is 3.13. The number of piperidine rings is 1. The Morgan fingerprint density at radius 1 is 1.39 bits per heavy atom. The van der Waals surface area contributed by atoms with Gasteiger partial charge in [-0.1, -0.05) is 11.6 Å². The molecule has 1 saturated heterocycles. The Morgan fingerprint density at radius 3 is 2.86 bits per heavy atom. The predicted octanol–water partition coefficient (Wildman–Crippen LogP) is 2.67. The van der Waals surface area contributed by atoms with Crippen LogP contribution in [0.5, 0.6) is 5.75 Å². The number of aromatic nitrogens is 2. The highest BCUT2D eigenvalue weighted by Gasteiger charge is 2.22. The number of nitrogens with one attached hydrogen (secondary N) is 2. The summed E-state index contributed by atoms with van der Waals surface area (Å²) < 4.78 is 7.75. The third kappa shape index (κ3) is 5.79. The lowest BCUT2D eigenvalue weighted by Crippen LogP contribution is -2.52. The van der Waals surface area contributed by atoms with Crippen molar-refractivity contribution in [3.8, 4) is 5.75 Å². The second-order valence-corrected chi connectivity index (χ2v) is 7.57. The summed E-state index contributed by atoms with van der Waals surface area (Å²) >= 11 is 5.91. The lowest BCUT2D eigenvalue weighted by molar-refractivity contribution is 0.223. The maximum atomic E-state index is 5.91. The zero-order valence-corrected chi connectivity index (χ0v) is 17.5. The van der Waals surface area contributed by atoms with E-state index in [1.165, 1.54) is 5.69 Å². The molecule has 28 heavy (non-hydrogen) atoms. The molecule has 2 unspecified atom stereocenters. The fourth-order valence-corrected chi connectivity index (χ4v) is 3.44. The first-order valence-corrected chi connectivity index (χ1v) is 10.0. The standard InChI is InChI=1S/C20H29ClN6O/c1-15(28-19-8-6-16(21)7-9-19)11-23-20(22-2)25-17-5-4-10-27(13-17)18-12-24-26(3)14-18/h6-9,12,14-15,17H,4-5,10-11,13H2,1-3H3,(H2,22,23,25). The molecule has 1 fully saturated rings. The van der Waals surface area contributed by atoms with Crippen LogP contribution in [-0.4, -0.2) is 54.6 Å². The van der Waals surface area contributed by atoms with E-state index in [1.54, 1.807) is 7.05 Å². The molecular weight excluding hydrogens is 376 g/mol. The summed E-state index contributed by atoms with van der Waals surface area (Å²) in [5.41, 5.74) is 1.17.